The first-order chi connectivity index (χ1) is 8.29. The molecule has 0 saturated carbocycles. The summed E-state index contributed by atoms with van der Waals surface area (Å²) < 4.78 is 5.39. The van der Waals surface area contributed by atoms with Gasteiger partial charge in [-0.15, -0.1) is 0 Å². The molecule has 0 N–H and O–H groups in total. The van der Waals surface area contributed by atoms with Gasteiger partial charge in [0.25, 0.3) is 0 Å². The number of hydrogen-bond donors (Lipinski definition) is 0. The number of aromatic nitrogens is 1. The van der Waals surface area contributed by atoms with Crippen LogP contribution in [0.4, 0.5) is 0 Å². The Labute approximate surface area is 109 Å². The van der Waals surface area contributed by atoms with Gasteiger partial charge in [0, 0.05) is 11.6 Å². The molecule has 18 heavy (non-hydrogen) atoms. The zero-order valence-electron chi connectivity index (χ0n) is 12.1. The predicted molar refractivity (Wildman–Crippen MR) is 74.9 cm³/mol. The molecule has 1 aromatic carbocycles. The molecule has 0 unspecified atom stereocenters. The summed E-state index contributed by atoms with van der Waals surface area (Å²) in [4.78, 5) is 0. The van der Waals surface area contributed by atoms with E-state index in [1.165, 1.54) is 22.3 Å². The third-order valence-corrected chi connectivity index (χ3v) is 3.27. The summed E-state index contributed by atoms with van der Waals surface area (Å²) in [7, 11) is 0. The first kappa shape index (κ1) is 12.9. The third-order valence-electron chi connectivity index (χ3n) is 3.27. The van der Waals surface area contributed by atoms with Gasteiger partial charge in [0.15, 0.2) is 5.76 Å². The maximum Gasteiger partial charge on any atom is 0.167 e. The smallest absolute Gasteiger partial charge is 0.167 e. The van der Waals surface area contributed by atoms with Gasteiger partial charge in [0.1, 0.15) is 0 Å². The number of rotatable bonds is 1. The fourth-order valence-corrected chi connectivity index (χ4v) is 2.27. The highest BCUT2D eigenvalue weighted by Gasteiger charge is 2.18. The molecule has 96 valence electrons. The molecule has 0 fully saturated rings. The number of benzene rings is 1. The van der Waals surface area contributed by atoms with Crippen molar-refractivity contribution in [2.24, 2.45) is 0 Å². The second kappa shape index (κ2) is 4.27. The molecule has 2 aromatic rings. The number of nitrogens with zero attached hydrogens (tertiary/aromatic N) is 1. The quantitative estimate of drug-likeness (QED) is 0.733. The minimum absolute atomic E-state index is 0.172. The van der Waals surface area contributed by atoms with E-state index in [0.717, 1.165) is 11.5 Å². The maximum absolute atomic E-state index is 5.39. The highest BCUT2D eigenvalue weighted by atomic mass is 16.5. The van der Waals surface area contributed by atoms with Crippen LogP contribution in [0.15, 0.2) is 22.7 Å². The Balaban J connectivity index is 2.58. The molecule has 2 rings (SSSR count). The Kier molecular flexibility index (Phi) is 3.05. The Morgan fingerprint density at radius 2 is 1.50 bits per heavy atom. The van der Waals surface area contributed by atoms with Gasteiger partial charge in [-0.3, -0.25) is 0 Å². The lowest BCUT2D eigenvalue weighted by atomic mass is 9.83. The maximum atomic E-state index is 5.39. The van der Waals surface area contributed by atoms with E-state index in [1.807, 2.05) is 13.0 Å². The van der Waals surface area contributed by atoms with E-state index in [-0.39, 0.29) is 5.41 Å². The van der Waals surface area contributed by atoms with Crippen LogP contribution in [0.25, 0.3) is 11.3 Å². The van der Waals surface area contributed by atoms with Crippen LogP contribution in [0.5, 0.6) is 0 Å². The molecule has 1 aromatic heterocycles. The van der Waals surface area contributed by atoms with Crippen LogP contribution in [0.2, 0.25) is 0 Å². The summed E-state index contributed by atoms with van der Waals surface area (Å²) in [5.74, 6) is 0.864. The molecule has 0 aliphatic rings. The summed E-state index contributed by atoms with van der Waals surface area (Å²) in [5.41, 5.74) is 6.11. The summed E-state index contributed by atoms with van der Waals surface area (Å²) in [6.07, 6.45) is 0. The van der Waals surface area contributed by atoms with Crippen molar-refractivity contribution in [2.75, 3.05) is 0 Å². The second-order valence-electron chi connectivity index (χ2n) is 6.07. The van der Waals surface area contributed by atoms with E-state index in [2.05, 4.69) is 51.9 Å². The van der Waals surface area contributed by atoms with Gasteiger partial charge in [-0.1, -0.05) is 38.1 Å². The van der Waals surface area contributed by atoms with Crippen molar-refractivity contribution >= 4 is 0 Å². The average molecular weight is 243 g/mol. The first-order valence-electron chi connectivity index (χ1n) is 6.34. The van der Waals surface area contributed by atoms with Crippen molar-refractivity contribution in [3.63, 3.8) is 0 Å². The molecular weight excluding hydrogens is 222 g/mol. The lowest BCUT2D eigenvalue weighted by Crippen LogP contribution is -2.12. The molecule has 0 radical (unpaired) electrons. The van der Waals surface area contributed by atoms with E-state index >= 15 is 0 Å². The van der Waals surface area contributed by atoms with E-state index in [0.29, 0.717) is 0 Å². The lowest BCUT2D eigenvalue weighted by Gasteiger charge is -2.21. The molecule has 0 aliphatic heterocycles. The van der Waals surface area contributed by atoms with Crippen molar-refractivity contribution in [3.8, 4) is 11.3 Å². The van der Waals surface area contributed by atoms with Crippen molar-refractivity contribution in [2.45, 2.75) is 47.0 Å². The molecule has 0 spiro atoms. The molecule has 0 saturated heterocycles. The monoisotopic (exact) mass is 243 g/mol. The highest BCUT2D eigenvalue weighted by Crippen LogP contribution is 2.32. The third kappa shape index (κ3) is 2.33. The first-order valence-corrected chi connectivity index (χ1v) is 6.34. The van der Waals surface area contributed by atoms with E-state index in [9.17, 15) is 0 Å². The van der Waals surface area contributed by atoms with Gasteiger partial charge in [-0.2, -0.15) is 0 Å². The molecule has 0 aliphatic carbocycles. The van der Waals surface area contributed by atoms with Crippen LogP contribution in [0.1, 0.15) is 43.2 Å². The van der Waals surface area contributed by atoms with Crippen molar-refractivity contribution in [1.29, 1.82) is 0 Å². The van der Waals surface area contributed by atoms with Crippen LogP contribution >= 0.6 is 0 Å². The van der Waals surface area contributed by atoms with E-state index in [1.54, 1.807) is 0 Å². The second-order valence-corrected chi connectivity index (χ2v) is 6.07. The molecular formula is C16H21NO. The summed E-state index contributed by atoms with van der Waals surface area (Å²) in [6, 6.07) is 6.49. The standard InChI is InChI=1S/C16H21NO/c1-10-7-13(16(4,5)6)8-11(2)15(10)14-9-12(3)17-18-14/h7-9H,1-6H3. The topological polar surface area (TPSA) is 26.0 Å². The normalized spacial score (nSPS) is 11.9. The van der Waals surface area contributed by atoms with Gasteiger partial charge in [-0.05, 0) is 42.9 Å². The Hall–Kier alpha value is -1.57. The SMILES string of the molecule is Cc1cc(-c2c(C)cc(C(C)(C)C)cc2C)on1. The van der Waals surface area contributed by atoms with E-state index in [4.69, 9.17) is 4.52 Å². The summed E-state index contributed by atoms with van der Waals surface area (Å²) in [5, 5.41) is 3.97. The Morgan fingerprint density at radius 1 is 0.944 bits per heavy atom. The van der Waals surface area contributed by atoms with E-state index < -0.39 is 0 Å². The van der Waals surface area contributed by atoms with Crippen LogP contribution < -0.4 is 0 Å². The van der Waals surface area contributed by atoms with Gasteiger partial charge in [-0.25, -0.2) is 0 Å². The van der Waals surface area contributed by atoms with Gasteiger partial charge in [0.2, 0.25) is 0 Å². The largest absolute Gasteiger partial charge is 0.356 e. The average Bonchev–Trinajstić information content (AvgIpc) is 2.62. The van der Waals surface area contributed by atoms with Crippen molar-refractivity contribution in [1.82, 2.24) is 5.16 Å². The number of hydrogen-bond acceptors (Lipinski definition) is 2. The van der Waals surface area contributed by atoms with Gasteiger partial charge >= 0.3 is 0 Å². The van der Waals surface area contributed by atoms with Gasteiger partial charge < -0.3 is 4.52 Å². The minimum atomic E-state index is 0.172. The Bertz CT molecular complexity index is 550. The van der Waals surface area contributed by atoms with Crippen LogP contribution in [-0.4, -0.2) is 5.16 Å². The summed E-state index contributed by atoms with van der Waals surface area (Å²) in [6.45, 7) is 12.9. The molecule has 0 amide bonds. The van der Waals surface area contributed by atoms with Gasteiger partial charge in [0.05, 0.1) is 5.69 Å². The zero-order valence-corrected chi connectivity index (χ0v) is 12.1. The molecule has 2 heteroatoms. The van der Waals surface area contributed by atoms with Crippen LogP contribution in [0, 0.1) is 20.8 Å². The molecule has 0 atom stereocenters. The fraction of sp³-hybridized carbons (Fsp3) is 0.438. The molecule has 0 bridgehead atoms. The Morgan fingerprint density at radius 3 is 1.89 bits per heavy atom. The highest BCUT2D eigenvalue weighted by molar-refractivity contribution is 5.67. The number of aryl methyl sites for hydroxylation is 3. The minimum Gasteiger partial charge on any atom is -0.356 e. The zero-order chi connectivity index (χ0) is 13.5. The lowest BCUT2D eigenvalue weighted by molar-refractivity contribution is 0.426. The van der Waals surface area contributed by atoms with Crippen LogP contribution in [0.3, 0.4) is 0 Å². The predicted octanol–water partition coefficient (Wildman–Crippen LogP) is 4.56. The van der Waals surface area contributed by atoms with Crippen molar-refractivity contribution in [3.05, 3.63) is 40.6 Å². The summed E-state index contributed by atoms with van der Waals surface area (Å²) >= 11 is 0. The fourth-order valence-electron chi connectivity index (χ4n) is 2.27. The van der Waals surface area contributed by atoms with Crippen molar-refractivity contribution < 1.29 is 4.52 Å². The molecule has 1 heterocycles. The van der Waals surface area contributed by atoms with Crippen LogP contribution in [-0.2, 0) is 5.41 Å². The molecule has 2 nitrogen and oxygen atoms in total.